The Bertz CT molecular complexity index is 290. The maximum atomic E-state index is 9.41. The normalized spacial score (nSPS) is 31.7. The molecule has 0 aromatic carbocycles. The predicted octanol–water partition coefficient (Wildman–Crippen LogP) is 0.301. The second-order valence-electron chi connectivity index (χ2n) is 4.50. The fourth-order valence-electron chi connectivity index (χ4n) is 2.11. The fourth-order valence-corrected chi connectivity index (χ4v) is 2.11. The highest BCUT2D eigenvalue weighted by atomic mass is 16.3. The molecule has 2 rings (SSSR count). The number of aryl methyl sites for hydroxylation is 1. The lowest BCUT2D eigenvalue weighted by molar-refractivity contribution is 0.0925. The van der Waals surface area contributed by atoms with E-state index in [0.29, 0.717) is 0 Å². The molecule has 0 bridgehead atoms. The van der Waals surface area contributed by atoms with Gasteiger partial charge < -0.3 is 10.8 Å². The predicted molar refractivity (Wildman–Crippen MR) is 56.0 cm³/mol. The molecule has 1 aromatic heterocycles. The number of hydrogen-bond donors (Lipinski definition) is 2. The molecule has 0 unspecified atom stereocenters. The Morgan fingerprint density at radius 1 is 1.47 bits per heavy atom. The highest BCUT2D eigenvalue weighted by molar-refractivity contribution is 4.89. The molecule has 0 radical (unpaired) electrons. The van der Waals surface area contributed by atoms with Crippen molar-refractivity contribution < 1.29 is 5.11 Å². The van der Waals surface area contributed by atoms with Gasteiger partial charge in [0.1, 0.15) is 12.7 Å². The first-order valence-electron chi connectivity index (χ1n) is 5.47. The molecule has 15 heavy (non-hydrogen) atoms. The summed E-state index contributed by atoms with van der Waals surface area (Å²) in [5.74, 6) is 0. The van der Waals surface area contributed by atoms with Crippen molar-refractivity contribution in [2.24, 2.45) is 5.73 Å². The number of hydrogen-bond acceptors (Lipinski definition) is 4. The van der Waals surface area contributed by atoms with Gasteiger partial charge in [0.25, 0.3) is 0 Å². The van der Waals surface area contributed by atoms with Crippen molar-refractivity contribution in [1.29, 1.82) is 0 Å². The maximum absolute atomic E-state index is 9.41. The minimum Gasteiger partial charge on any atom is -0.393 e. The van der Waals surface area contributed by atoms with E-state index in [1.807, 2.05) is 0 Å². The van der Waals surface area contributed by atoms with E-state index in [-0.39, 0.29) is 11.6 Å². The Balaban J connectivity index is 1.83. The topological polar surface area (TPSA) is 77.0 Å². The van der Waals surface area contributed by atoms with Crippen LogP contribution < -0.4 is 5.73 Å². The van der Waals surface area contributed by atoms with Gasteiger partial charge in [0.05, 0.1) is 6.10 Å². The molecule has 5 nitrogen and oxygen atoms in total. The van der Waals surface area contributed by atoms with Gasteiger partial charge in [-0.3, -0.25) is 4.68 Å². The Hall–Kier alpha value is -0.940. The zero-order chi connectivity index (χ0) is 10.7. The molecule has 1 aliphatic rings. The second-order valence-corrected chi connectivity index (χ2v) is 4.50. The summed E-state index contributed by atoms with van der Waals surface area (Å²) >= 11 is 0. The summed E-state index contributed by atoms with van der Waals surface area (Å²) in [7, 11) is 0. The van der Waals surface area contributed by atoms with Gasteiger partial charge in [-0.25, -0.2) is 4.98 Å². The van der Waals surface area contributed by atoms with Crippen molar-refractivity contribution in [3.63, 3.8) is 0 Å². The minimum absolute atomic E-state index is 0.120. The zero-order valence-electron chi connectivity index (χ0n) is 8.84. The number of rotatable bonds is 3. The van der Waals surface area contributed by atoms with Crippen LogP contribution in [0.15, 0.2) is 12.7 Å². The van der Waals surface area contributed by atoms with Crippen molar-refractivity contribution in [3.05, 3.63) is 12.7 Å². The molecule has 1 heterocycles. The molecule has 1 fully saturated rings. The van der Waals surface area contributed by atoms with E-state index in [9.17, 15) is 5.11 Å². The SMILES string of the molecule is NC1(CCn2cncn2)CCC(O)CC1. The molecule has 1 saturated carbocycles. The summed E-state index contributed by atoms with van der Waals surface area (Å²) in [5.41, 5.74) is 6.15. The minimum atomic E-state index is -0.145. The van der Waals surface area contributed by atoms with Gasteiger partial charge in [0.2, 0.25) is 0 Å². The smallest absolute Gasteiger partial charge is 0.137 e. The first kappa shape index (κ1) is 10.6. The van der Waals surface area contributed by atoms with E-state index >= 15 is 0 Å². The van der Waals surface area contributed by atoms with Gasteiger partial charge in [0, 0.05) is 12.1 Å². The molecule has 1 aromatic rings. The Kier molecular flexibility index (Phi) is 3.02. The molecule has 0 amide bonds. The van der Waals surface area contributed by atoms with E-state index in [1.165, 1.54) is 6.33 Å². The summed E-state index contributed by atoms with van der Waals surface area (Å²) in [5, 5.41) is 13.5. The molecule has 84 valence electrons. The lowest BCUT2D eigenvalue weighted by Crippen LogP contribution is -2.45. The van der Waals surface area contributed by atoms with Gasteiger partial charge in [-0.2, -0.15) is 5.10 Å². The lowest BCUT2D eigenvalue weighted by atomic mass is 9.79. The van der Waals surface area contributed by atoms with Gasteiger partial charge in [-0.1, -0.05) is 0 Å². The number of nitrogens with zero attached hydrogens (tertiary/aromatic N) is 3. The van der Waals surface area contributed by atoms with Crippen LogP contribution in [-0.2, 0) is 6.54 Å². The van der Waals surface area contributed by atoms with Crippen molar-refractivity contribution >= 4 is 0 Å². The molecular formula is C10H18N4O. The first-order valence-corrected chi connectivity index (χ1v) is 5.47. The van der Waals surface area contributed by atoms with Gasteiger partial charge in [-0.15, -0.1) is 0 Å². The average molecular weight is 210 g/mol. The van der Waals surface area contributed by atoms with Crippen molar-refractivity contribution in [1.82, 2.24) is 14.8 Å². The third-order valence-electron chi connectivity index (χ3n) is 3.26. The third kappa shape index (κ3) is 2.76. The molecule has 0 saturated heterocycles. The highest BCUT2D eigenvalue weighted by Crippen LogP contribution is 2.29. The fraction of sp³-hybridized carbons (Fsp3) is 0.800. The van der Waals surface area contributed by atoms with Crippen LogP contribution in [0.5, 0.6) is 0 Å². The van der Waals surface area contributed by atoms with E-state index < -0.39 is 0 Å². The monoisotopic (exact) mass is 210 g/mol. The number of nitrogens with two attached hydrogens (primary N) is 1. The Morgan fingerprint density at radius 3 is 2.80 bits per heavy atom. The van der Waals surface area contributed by atoms with Crippen LogP contribution in [0, 0.1) is 0 Å². The van der Waals surface area contributed by atoms with Crippen LogP contribution >= 0.6 is 0 Å². The average Bonchev–Trinajstić information content (AvgIpc) is 2.73. The molecule has 0 atom stereocenters. The van der Waals surface area contributed by atoms with E-state index in [4.69, 9.17) is 5.73 Å². The summed E-state index contributed by atoms with van der Waals surface area (Å²) in [6.07, 6.45) is 7.47. The Morgan fingerprint density at radius 2 is 2.20 bits per heavy atom. The molecule has 0 aliphatic heterocycles. The van der Waals surface area contributed by atoms with Gasteiger partial charge >= 0.3 is 0 Å². The summed E-state index contributed by atoms with van der Waals surface area (Å²) < 4.78 is 1.81. The maximum Gasteiger partial charge on any atom is 0.137 e. The van der Waals surface area contributed by atoms with Crippen LogP contribution in [0.1, 0.15) is 32.1 Å². The molecule has 5 heteroatoms. The van der Waals surface area contributed by atoms with Crippen LogP contribution in [0.2, 0.25) is 0 Å². The van der Waals surface area contributed by atoms with Crippen LogP contribution in [0.25, 0.3) is 0 Å². The van der Waals surface area contributed by atoms with Crippen molar-refractivity contribution in [3.8, 4) is 0 Å². The van der Waals surface area contributed by atoms with Crippen molar-refractivity contribution in [2.45, 2.75) is 50.3 Å². The van der Waals surface area contributed by atoms with Crippen LogP contribution in [0.4, 0.5) is 0 Å². The van der Waals surface area contributed by atoms with E-state index in [2.05, 4.69) is 10.1 Å². The van der Waals surface area contributed by atoms with Crippen molar-refractivity contribution in [2.75, 3.05) is 0 Å². The first-order chi connectivity index (χ1) is 7.18. The quantitative estimate of drug-likeness (QED) is 0.752. The zero-order valence-corrected chi connectivity index (χ0v) is 8.84. The Labute approximate surface area is 89.3 Å². The second kappa shape index (κ2) is 4.28. The van der Waals surface area contributed by atoms with E-state index in [0.717, 1.165) is 38.6 Å². The number of aliphatic hydroxyl groups excluding tert-OH is 1. The summed E-state index contributed by atoms with van der Waals surface area (Å²) in [6, 6.07) is 0. The number of aromatic nitrogens is 3. The van der Waals surface area contributed by atoms with E-state index in [1.54, 1.807) is 11.0 Å². The van der Waals surface area contributed by atoms with Gasteiger partial charge in [-0.05, 0) is 32.1 Å². The van der Waals surface area contributed by atoms with Gasteiger partial charge in [0.15, 0.2) is 0 Å². The molecular weight excluding hydrogens is 192 g/mol. The third-order valence-corrected chi connectivity index (χ3v) is 3.26. The van der Waals surface area contributed by atoms with Crippen LogP contribution in [-0.4, -0.2) is 31.5 Å². The summed E-state index contributed by atoms with van der Waals surface area (Å²) in [4.78, 5) is 3.89. The standard InChI is InChI=1S/C10H18N4O/c11-10(3-1-9(15)2-4-10)5-6-14-8-12-7-13-14/h7-9,15H,1-6,11H2. The lowest BCUT2D eigenvalue weighted by Gasteiger charge is -2.35. The van der Waals surface area contributed by atoms with Crippen LogP contribution in [0.3, 0.4) is 0 Å². The summed E-state index contributed by atoms with van der Waals surface area (Å²) in [6.45, 7) is 0.812. The highest BCUT2D eigenvalue weighted by Gasteiger charge is 2.30. The molecule has 3 N–H and O–H groups in total. The molecule has 1 aliphatic carbocycles. The largest absolute Gasteiger partial charge is 0.393 e. The number of aliphatic hydroxyl groups is 1. The molecule has 0 spiro atoms.